The minimum absolute atomic E-state index is 0.0742. The molecule has 3 aromatic rings. The number of morpholine rings is 1. The number of H-pyrrole nitrogens is 1. The van der Waals surface area contributed by atoms with Crippen LogP contribution in [0.5, 0.6) is 0 Å². The molecule has 5 nitrogen and oxygen atoms in total. The van der Waals surface area contributed by atoms with E-state index in [1.54, 1.807) is 0 Å². The summed E-state index contributed by atoms with van der Waals surface area (Å²) in [5.41, 5.74) is 4.55. The molecule has 0 bridgehead atoms. The third kappa shape index (κ3) is 3.94. The van der Waals surface area contributed by atoms with Crippen LogP contribution in [0.2, 0.25) is 5.02 Å². The summed E-state index contributed by atoms with van der Waals surface area (Å²) in [5.74, 6) is 0. The number of nitrogens with one attached hydrogen (secondary N) is 2. The summed E-state index contributed by atoms with van der Waals surface area (Å²) in [6.07, 6.45) is 0. The number of pyridine rings is 1. The first-order valence-electron chi connectivity index (χ1n) is 9.09. The SMILES string of the molecule is Cc1ccc2[nH]c(=O)c(CNc3ccc(N4CCOCC4)c(Cl)c3)cc2c1. The molecule has 1 fully saturated rings. The molecule has 2 N–H and O–H groups in total. The molecule has 0 atom stereocenters. The van der Waals surface area contributed by atoms with Crippen LogP contribution >= 0.6 is 11.6 Å². The fourth-order valence-electron chi connectivity index (χ4n) is 3.38. The fraction of sp³-hybridized carbons (Fsp3) is 0.286. The van der Waals surface area contributed by atoms with E-state index in [4.69, 9.17) is 16.3 Å². The van der Waals surface area contributed by atoms with E-state index >= 15 is 0 Å². The summed E-state index contributed by atoms with van der Waals surface area (Å²) in [6, 6.07) is 13.9. The quantitative estimate of drug-likeness (QED) is 0.716. The zero-order valence-corrected chi connectivity index (χ0v) is 16.0. The summed E-state index contributed by atoms with van der Waals surface area (Å²) in [5, 5.41) is 5.04. The maximum Gasteiger partial charge on any atom is 0.253 e. The van der Waals surface area contributed by atoms with Gasteiger partial charge in [0.05, 0.1) is 23.9 Å². The zero-order valence-electron chi connectivity index (χ0n) is 15.2. The van der Waals surface area contributed by atoms with Crippen molar-refractivity contribution < 1.29 is 4.74 Å². The standard InChI is InChI=1S/C21H22ClN3O2/c1-14-2-4-19-15(10-14)11-16(21(26)24-19)13-23-17-3-5-20(18(22)12-17)25-6-8-27-9-7-25/h2-5,10-12,23H,6-9,13H2,1H3,(H,24,26). The number of ether oxygens (including phenoxy) is 1. The molecule has 6 heteroatoms. The molecule has 2 aromatic carbocycles. The van der Waals surface area contributed by atoms with Crippen LogP contribution in [0, 0.1) is 6.92 Å². The number of aryl methyl sites for hydroxylation is 1. The van der Waals surface area contributed by atoms with Gasteiger partial charge in [0.1, 0.15) is 0 Å². The number of benzene rings is 2. The average molecular weight is 384 g/mol. The van der Waals surface area contributed by atoms with Crippen molar-refractivity contribution in [1.82, 2.24) is 4.98 Å². The number of halogens is 1. The highest BCUT2D eigenvalue weighted by Gasteiger charge is 2.14. The second-order valence-corrected chi connectivity index (χ2v) is 7.24. The topological polar surface area (TPSA) is 57.4 Å². The van der Waals surface area contributed by atoms with Crippen LogP contribution in [0.25, 0.3) is 10.9 Å². The van der Waals surface area contributed by atoms with Gasteiger partial charge in [-0.15, -0.1) is 0 Å². The van der Waals surface area contributed by atoms with Gasteiger partial charge in [-0.1, -0.05) is 23.2 Å². The number of hydrogen-bond acceptors (Lipinski definition) is 4. The smallest absolute Gasteiger partial charge is 0.253 e. The molecule has 140 valence electrons. The van der Waals surface area contributed by atoms with E-state index in [1.165, 1.54) is 5.56 Å². The van der Waals surface area contributed by atoms with Gasteiger partial charge in [-0.25, -0.2) is 0 Å². The zero-order chi connectivity index (χ0) is 18.8. The lowest BCUT2D eigenvalue weighted by molar-refractivity contribution is 0.122. The molecule has 1 aliphatic rings. The van der Waals surface area contributed by atoms with Gasteiger partial charge >= 0.3 is 0 Å². The molecule has 1 aromatic heterocycles. The Morgan fingerprint density at radius 3 is 2.74 bits per heavy atom. The van der Waals surface area contributed by atoms with Crippen molar-refractivity contribution in [3.05, 3.63) is 69.0 Å². The molecule has 1 saturated heterocycles. The molecule has 0 aliphatic carbocycles. The predicted molar refractivity (Wildman–Crippen MR) is 111 cm³/mol. The summed E-state index contributed by atoms with van der Waals surface area (Å²) in [7, 11) is 0. The van der Waals surface area contributed by atoms with Gasteiger partial charge < -0.3 is 19.9 Å². The van der Waals surface area contributed by atoms with E-state index in [2.05, 4.69) is 21.3 Å². The first-order valence-corrected chi connectivity index (χ1v) is 9.47. The number of hydrogen-bond donors (Lipinski definition) is 2. The Morgan fingerprint density at radius 1 is 1.15 bits per heavy atom. The number of aromatic nitrogens is 1. The maximum absolute atomic E-state index is 12.3. The maximum atomic E-state index is 12.3. The second-order valence-electron chi connectivity index (χ2n) is 6.83. The van der Waals surface area contributed by atoms with Gasteiger partial charge in [0, 0.05) is 36.4 Å². The first-order chi connectivity index (χ1) is 13.1. The van der Waals surface area contributed by atoms with E-state index in [0.717, 1.165) is 48.6 Å². The predicted octanol–water partition coefficient (Wildman–Crippen LogP) is 3.94. The molecule has 0 unspecified atom stereocenters. The number of aromatic amines is 1. The van der Waals surface area contributed by atoms with Crippen molar-refractivity contribution in [3.63, 3.8) is 0 Å². The Morgan fingerprint density at radius 2 is 1.96 bits per heavy atom. The fourth-order valence-corrected chi connectivity index (χ4v) is 3.68. The summed E-state index contributed by atoms with van der Waals surface area (Å²) >= 11 is 6.48. The normalized spacial score (nSPS) is 14.5. The minimum Gasteiger partial charge on any atom is -0.381 e. The summed E-state index contributed by atoms with van der Waals surface area (Å²) in [6.45, 7) is 5.62. The highest BCUT2D eigenvalue weighted by atomic mass is 35.5. The molecule has 0 radical (unpaired) electrons. The second kappa shape index (κ2) is 7.62. The van der Waals surface area contributed by atoms with E-state index in [9.17, 15) is 4.79 Å². The first kappa shape index (κ1) is 17.9. The Bertz CT molecular complexity index is 1030. The van der Waals surface area contributed by atoms with E-state index < -0.39 is 0 Å². The number of rotatable bonds is 4. The van der Waals surface area contributed by atoms with Gasteiger partial charge in [-0.2, -0.15) is 0 Å². The van der Waals surface area contributed by atoms with Crippen molar-refractivity contribution in [1.29, 1.82) is 0 Å². The van der Waals surface area contributed by atoms with Crippen molar-refractivity contribution in [2.75, 3.05) is 36.5 Å². The highest BCUT2D eigenvalue weighted by Crippen LogP contribution is 2.29. The molecule has 2 heterocycles. The van der Waals surface area contributed by atoms with E-state index in [1.807, 2.05) is 43.3 Å². The van der Waals surface area contributed by atoms with Crippen molar-refractivity contribution >= 4 is 33.9 Å². The van der Waals surface area contributed by atoms with E-state index in [-0.39, 0.29) is 5.56 Å². The van der Waals surface area contributed by atoms with Crippen LogP contribution in [0.4, 0.5) is 11.4 Å². The minimum atomic E-state index is -0.0742. The number of anilines is 2. The molecular formula is C21H22ClN3O2. The molecule has 0 amide bonds. The van der Waals surface area contributed by atoms with Crippen molar-refractivity contribution in [3.8, 4) is 0 Å². The van der Waals surface area contributed by atoms with Crippen LogP contribution in [0.15, 0.2) is 47.3 Å². The van der Waals surface area contributed by atoms with Gasteiger partial charge in [0.25, 0.3) is 5.56 Å². The third-order valence-corrected chi connectivity index (χ3v) is 5.16. The van der Waals surface area contributed by atoms with Crippen LogP contribution in [-0.2, 0) is 11.3 Å². The molecule has 4 rings (SSSR count). The molecule has 0 saturated carbocycles. The van der Waals surface area contributed by atoms with Crippen LogP contribution in [0.1, 0.15) is 11.1 Å². The van der Waals surface area contributed by atoms with Crippen molar-refractivity contribution in [2.45, 2.75) is 13.5 Å². The number of nitrogens with zero attached hydrogens (tertiary/aromatic N) is 1. The lowest BCUT2D eigenvalue weighted by atomic mass is 10.1. The lowest BCUT2D eigenvalue weighted by Gasteiger charge is -2.29. The van der Waals surface area contributed by atoms with Gasteiger partial charge in [-0.3, -0.25) is 4.79 Å². The highest BCUT2D eigenvalue weighted by molar-refractivity contribution is 6.33. The van der Waals surface area contributed by atoms with Gasteiger partial charge in [-0.05, 0) is 48.7 Å². The van der Waals surface area contributed by atoms with Crippen LogP contribution in [-0.4, -0.2) is 31.3 Å². The molecule has 0 spiro atoms. The van der Waals surface area contributed by atoms with E-state index in [0.29, 0.717) is 17.1 Å². The third-order valence-electron chi connectivity index (χ3n) is 4.86. The Kier molecular flexibility index (Phi) is 5.05. The molecular weight excluding hydrogens is 362 g/mol. The summed E-state index contributed by atoms with van der Waals surface area (Å²) in [4.78, 5) is 17.5. The Balaban J connectivity index is 1.51. The van der Waals surface area contributed by atoms with Gasteiger partial charge in [0.15, 0.2) is 0 Å². The Hall–Kier alpha value is -2.50. The summed E-state index contributed by atoms with van der Waals surface area (Å²) < 4.78 is 5.39. The number of fused-ring (bicyclic) bond motifs is 1. The largest absolute Gasteiger partial charge is 0.381 e. The molecule has 1 aliphatic heterocycles. The monoisotopic (exact) mass is 383 g/mol. The van der Waals surface area contributed by atoms with Crippen LogP contribution < -0.4 is 15.8 Å². The van der Waals surface area contributed by atoms with Crippen molar-refractivity contribution in [2.24, 2.45) is 0 Å². The van der Waals surface area contributed by atoms with Crippen LogP contribution in [0.3, 0.4) is 0 Å². The van der Waals surface area contributed by atoms with Gasteiger partial charge in [0.2, 0.25) is 0 Å². The lowest BCUT2D eigenvalue weighted by Crippen LogP contribution is -2.36. The molecule has 27 heavy (non-hydrogen) atoms. The average Bonchev–Trinajstić information content (AvgIpc) is 2.67. The Labute approximate surface area is 162 Å².